The van der Waals surface area contributed by atoms with E-state index in [1.165, 1.54) is 28.1 Å². The lowest BCUT2D eigenvalue weighted by Gasteiger charge is -2.30. The van der Waals surface area contributed by atoms with Gasteiger partial charge in [0.05, 0.1) is 0 Å². The lowest BCUT2D eigenvalue weighted by Crippen LogP contribution is -2.44. The summed E-state index contributed by atoms with van der Waals surface area (Å²) in [6, 6.07) is 3.68. The highest BCUT2D eigenvalue weighted by Crippen LogP contribution is 2.23. The van der Waals surface area contributed by atoms with Crippen LogP contribution in [0, 0.1) is 0 Å². The average Bonchev–Trinajstić information content (AvgIpc) is 3.15. The number of rotatable bonds is 6. The van der Waals surface area contributed by atoms with Crippen molar-refractivity contribution >= 4 is 10.2 Å². The van der Waals surface area contributed by atoms with Gasteiger partial charge in [-0.15, -0.1) is 0 Å². The zero-order valence-corrected chi connectivity index (χ0v) is 14.5. The second-order valence-electron chi connectivity index (χ2n) is 5.96. The molecular formula is C15H22N6O2S. The Morgan fingerprint density at radius 1 is 1.33 bits per heavy atom. The number of hydrogen-bond acceptors (Lipinski definition) is 5. The number of aromatic nitrogens is 4. The third kappa shape index (κ3) is 3.80. The summed E-state index contributed by atoms with van der Waals surface area (Å²) in [5, 5.41) is 4.06. The second-order valence-corrected chi connectivity index (χ2v) is 7.78. The Morgan fingerprint density at radius 3 is 2.83 bits per heavy atom. The highest BCUT2D eigenvalue weighted by atomic mass is 32.2. The van der Waals surface area contributed by atoms with E-state index in [0.29, 0.717) is 5.82 Å². The first-order chi connectivity index (χ1) is 11.6. The zero-order valence-electron chi connectivity index (χ0n) is 13.7. The van der Waals surface area contributed by atoms with Crippen molar-refractivity contribution in [3.8, 4) is 5.82 Å². The van der Waals surface area contributed by atoms with E-state index in [-0.39, 0.29) is 12.6 Å². The molecule has 1 aliphatic carbocycles. The summed E-state index contributed by atoms with van der Waals surface area (Å²) in [4.78, 5) is 8.17. The fourth-order valence-corrected chi connectivity index (χ4v) is 4.15. The van der Waals surface area contributed by atoms with Crippen molar-refractivity contribution in [1.82, 2.24) is 28.8 Å². The van der Waals surface area contributed by atoms with Crippen molar-refractivity contribution in [2.75, 3.05) is 7.05 Å². The molecule has 2 heterocycles. The van der Waals surface area contributed by atoms with Crippen LogP contribution in [0.4, 0.5) is 0 Å². The van der Waals surface area contributed by atoms with Crippen LogP contribution in [0.25, 0.3) is 5.82 Å². The van der Waals surface area contributed by atoms with Crippen LogP contribution in [0.1, 0.15) is 37.7 Å². The highest BCUT2D eigenvalue weighted by Gasteiger charge is 2.27. The van der Waals surface area contributed by atoms with Crippen molar-refractivity contribution in [1.29, 1.82) is 0 Å². The van der Waals surface area contributed by atoms with E-state index < -0.39 is 10.2 Å². The van der Waals surface area contributed by atoms with Gasteiger partial charge in [-0.25, -0.2) is 14.6 Å². The monoisotopic (exact) mass is 350 g/mol. The average molecular weight is 350 g/mol. The van der Waals surface area contributed by atoms with Gasteiger partial charge in [0, 0.05) is 31.4 Å². The third-order valence-corrected chi connectivity index (χ3v) is 5.98. The molecule has 0 bridgehead atoms. The fourth-order valence-electron chi connectivity index (χ4n) is 3.00. The molecule has 0 aromatic carbocycles. The van der Waals surface area contributed by atoms with Gasteiger partial charge in [-0.1, -0.05) is 25.3 Å². The summed E-state index contributed by atoms with van der Waals surface area (Å²) in [5.74, 6) is 0.568. The maximum absolute atomic E-state index is 12.6. The van der Waals surface area contributed by atoms with Crippen LogP contribution in [0.3, 0.4) is 0 Å². The molecule has 0 radical (unpaired) electrons. The largest absolute Gasteiger partial charge is 0.279 e. The van der Waals surface area contributed by atoms with Gasteiger partial charge < -0.3 is 0 Å². The third-order valence-electron chi connectivity index (χ3n) is 4.42. The van der Waals surface area contributed by atoms with Crippen LogP contribution < -0.4 is 4.72 Å². The standard InChI is InChI=1S/C15H22N6O2S/c1-20(14-7-3-2-4-8-14)24(22,23)19-10-13-6-5-9-17-15(13)21-12-16-11-18-21/h5-6,9,11-12,14,19H,2-4,7-8,10H2,1H3. The minimum atomic E-state index is -3.53. The molecule has 0 saturated heterocycles. The summed E-state index contributed by atoms with van der Waals surface area (Å²) in [6.07, 6.45) is 9.81. The Balaban J connectivity index is 1.71. The topological polar surface area (TPSA) is 93.0 Å². The molecule has 3 rings (SSSR count). The van der Waals surface area contributed by atoms with Crippen LogP contribution in [-0.4, -0.2) is 45.6 Å². The van der Waals surface area contributed by atoms with Crippen molar-refractivity contribution in [3.63, 3.8) is 0 Å². The Morgan fingerprint density at radius 2 is 2.12 bits per heavy atom. The lowest BCUT2D eigenvalue weighted by atomic mass is 9.96. The summed E-state index contributed by atoms with van der Waals surface area (Å²) in [7, 11) is -1.88. The number of nitrogens with one attached hydrogen (secondary N) is 1. The van der Waals surface area contributed by atoms with Crippen LogP contribution in [0.2, 0.25) is 0 Å². The van der Waals surface area contributed by atoms with Gasteiger partial charge >= 0.3 is 0 Å². The number of hydrogen-bond donors (Lipinski definition) is 1. The summed E-state index contributed by atoms with van der Waals surface area (Å²) < 4.78 is 30.8. The quantitative estimate of drug-likeness (QED) is 0.847. The summed E-state index contributed by atoms with van der Waals surface area (Å²) >= 11 is 0. The van der Waals surface area contributed by atoms with Crippen LogP contribution in [-0.2, 0) is 16.8 Å². The molecule has 0 atom stereocenters. The van der Waals surface area contributed by atoms with Crippen molar-refractivity contribution in [3.05, 3.63) is 36.5 Å². The summed E-state index contributed by atoms with van der Waals surface area (Å²) in [5.41, 5.74) is 0.739. The minimum Gasteiger partial charge on any atom is -0.237 e. The molecule has 0 unspecified atom stereocenters. The Kier molecular flexibility index (Phi) is 5.22. The normalized spacial score (nSPS) is 16.6. The van der Waals surface area contributed by atoms with Crippen molar-refractivity contribution < 1.29 is 8.42 Å². The molecule has 1 fully saturated rings. The van der Waals surface area contributed by atoms with E-state index in [1.54, 1.807) is 19.3 Å². The van der Waals surface area contributed by atoms with E-state index in [0.717, 1.165) is 31.2 Å². The first-order valence-electron chi connectivity index (χ1n) is 8.09. The molecule has 0 aliphatic heterocycles. The van der Waals surface area contributed by atoms with E-state index in [9.17, 15) is 8.42 Å². The molecule has 0 amide bonds. The maximum atomic E-state index is 12.6. The van der Waals surface area contributed by atoms with Gasteiger partial charge in [0.25, 0.3) is 10.2 Å². The van der Waals surface area contributed by atoms with E-state index in [2.05, 4.69) is 19.8 Å². The highest BCUT2D eigenvalue weighted by molar-refractivity contribution is 7.87. The molecular weight excluding hydrogens is 328 g/mol. The smallest absolute Gasteiger partial charge is 0.237 e. The van der Waals surface area contributed by atoms with E-state index in [4.69, 9.17) is 0 Å². The van der Waals surface area contributed by atoms with E-state index in [1.807, 2.05) is 6.07 Å². The van der Waals surface area contributed by atoms with Gasteiger partial charge in [0.15, 0.2) is 5.82 Å². The first-order valence-corrected chi connectivity index (χ1v) is 9.53. The molecule has 2 aromatic heterocycles. The molecule has 2 aromatic rings. The van der Waals surface area contributed by atoms with Crippen LogP contribution in [0.15, 0.2) is 31.0 Å². The minimum absolute atomic E-state index is 0.0833. The molecule has 1 N–H and O–H groups in total. The van der Waals surface area contributed by atoms with Gasteiger partial charge in [-0.2, -0.15) is 22.5 Å². The fraction of sp³-hybridized carbons (Fsp3) is 0.533. The molecule has 0 spiro atoms. The van der Waals surface area contributed by atoms with Gasteiger partial charge in [0.1, 0.15) is 12.7 Å². The zero-order chi connectivity index (χ0) is 17.0. The molecule has 9 heteroatoms. The van der Waals surface area contributed by atoms with Gasteiger partial charge in [-0.3, -0.25) is 0 Å². The predicted molar refractivity (Wildman–Crippen MR) is 89.5 cm³/mol. The predicted octanol–water partition coefficient (Wildman–Crippen LogP) is 1.26. The number of nitrogens with zero attached hydrogens (tertiary/aromatic N) is 5. The van der Waals surface area contributed by atoms with Gasteiger partial charge in [-0.05, 0) is 18.9 Å². The Labute approximate surface area is 142 Å². The number of pyridine rings is 1. The van der Waals surface area contributed by atoms with Gasteiger partial charge in [0.2, 0.25) is 0 Å². The Bertz CT molecular complexity index is 756. The van der Waals surface area contributed by atoms with Crippen LogP contribution in [0.5, 0.6) is 0 Å². The molecule has 1 saturated carbocycles. The molecule has 24 heavy (non-hydrogen) atoms. The molecule has 8 nitrogen and oxygen atoms in total. The van der Waals surface area contributed by atoms with E-state index >= 15 is 0 Å². The first kappa shape index (κ1) is 17.0. The molecule has 1 aliphatic rings. The van der Waals surface area contributed by atoms with Crippen molar-refractivity contribution in [2.45, 2.75) is 44.7 Å². The lowest BCUT2D eigenvalue weighted by molar-refractivity contribution is 0.283. The summed E-state index contributed by atoms with van der Waals surface area (Å²) in [6.45, 7) is 0.155. The van der Waals surface area contributed by atoms with Crippen molar-refractivity contribution in [2.24, 2.45) is 0 Å². The molecule has 130 valence electrons. The second kappa shape index (κ2) is 7.37. The maximum Gasteiger partial charge on any atom is 0.279 e. The Hall–Kier alpha value is -1.84. The SMILES string of the molecule is CN(C1CCCCC1)S(=O)(=O)NCc1cccnc1-n1cncn1. The van der Waals surface area contributed by atoms with Crippen LogP contribution >= 0.6 is 0 Å².